The van der Waals surface area contributed by atoms with Gasteiger partial charge in [0.1, 0.15) is 11.6 Å². The lowest BCUT2D eigenvalue weighted by molar-refractivity contribution is 0.172. The van der Waals surface area contributed by atoms with Crippen LogP contribution in [0, 0.1) is 5.82 Å². The molecule has 23 heavy (non-hydrogen) atoms. The standard InChI is InChI=1S/C17H21FN2O3/c1-12(7-8-15-6-3-9-23-15)20-17(22)19-11-16(21)13-4-2-5-14(18)10-13/h2-6,9-10,12,16,21H,7-8,11H2,1H3,(H2,19,20,22)/t12-,16+/m0/s1. The molecule has 0 radical (unpaired) electrons. The van der Waals surface area contributed by atoms with E-state index < -0.39 is 11.9 Å². The van der Waals surface area contributed by atoms with Crippen LogP contribution in [-0.4, -0.2) is 23.7 Å². The van der Waals surface area contributed by atoms with E-state index in [1.165, 1.54) is 18.2 Å². The van der Waals surface area contributed by atoms with Gasteiger partial charge in [-0.2, -0.15) is 0 Å². The van der Waals surface area contributed by atoms with Crippen molar-refractivity contribution in [1.29, 1.82) is 0 Å². The lowest BCUT2D eigenvalue weighted by Crippen LogP contribution is -2.42. The Labute approximate surface area is 134 Å². The minimum Gasteiger partial charge on any atom is -0.469 e. The zero-order chi connectivity index (χ0) is 16.7. The number of nitrogens with one attached hydrogen (secondary N) is 2. The maximum Gasteiger partial charge on any atom is 0.315 e. The molecule has 1 aromatic heterocycles. The van der Waals surface area contributed by atoms with Gasteiger partial charge in [-0.05, 0) is 43.2 Å². The number of amides is 2. The summed E-state index contributed by atoms with van der Waals surface area (Å²) in [6.07, 6.45) is 2.15. The summed E-state index contributed by atoms with van der Waals surface area (Å²) in [7, 11) is 0. The van der Waals surface area contributed by atoms with E-state index in [2.05, 4.69) is 10.6 Å². The van der Waals surface area contributed by atoms with Crippen molar-refractivity contribution in [3.05, 3.63) is 59.8 Å². The van der Waals surface area contributed by atoms with Gasteiger partial charge in [0.2, 0.25) is 0 Å². The average molecular weight is 320 g/mol. The van der Waals surface area contributed by atoms with E-state index in [0.717, 1.165) is 18.6 Å². The zero-order valence-electron chi connectivity index (χ0n) is 13.0. The topological polar surface area (TPSA) is 74.5 Å². The first-order valence-corrected chi connectivity index (χ1v) is 7.55. The second-order valence-corrected chi connectivity index (χ2v) is 5.44. The Kier molecular flexibility index (Phi) is 6.17. The minimum absolute atomic E-state index is 0.0141. The fourth-order valence-corrected chi connectivity index (χ4v) is 2.18. The van der Waals surface area contributed by atoms with Gasteiger partial charge in [-0.3, -0.25) is 0 Å². The third kappa shape index (κ3) is 5.75. The molecule has 0 spiro atoms. The van der Waals surface area contributed by atoms with Gasteiger partial charge in [0.15, 0.2) is 0 Å². The number of urea groups is 1. The molecule has 0 aliphatic rings. The van der Waals surface area contributed by atoms with E-state index in [1.807, 2.05) is 19.1 Å². The molecule has 0 aliphatic carbocycles. The zero-order valence-corrected chi connectivity index (χ0v) is 13.0. The van der Waals surface area contributed by atoms with Gasteiger partial charge in [0.05, 0.1) is 12.4 Å². The van der Waals surface area contributed by atoms with Gasteiger partial charge in [0.25, 0.3) is 0 Å². The van der Waals surface area contributed by atoms with E-state index in [4.69, 9.17) is 4.42 Å². The number of aryl methyl sites for hydroxylation is 1. The van der Waals surface area contributed by atoms with Crippen LogP contribution in [0.3, 0.4) is 0 Å². The SMILES string of the molecule is C[C@@H](CCc1ccco1)NC(=O)NC[C@@H](O)c1cccc(F)c1. The van der Waals surface area contributed by atoms with Gasteiger partial charge in [0, 0.05) is 19.0 Å². The van der Waals surface area contributed by atoms with Crippen LogP contribution in [-0.2, 0) is 6.42 Å². The number of rotatable bonds is 7. The van der Waals surface area contributed by atoms with Crippen LogP contribution < -0.4 is 10.6 Å². The number of hydrogen-bond donors (Lipinski definition) is 3. The highest BCUT2D eigenvalue weighted by molar-refractivity contribution is 5.74. The number of benzene rings is 1. The van der Waals surface area contributed by atoms with E-state index in [0.29, 0.717) is 5.56 Å². The van der Waals surface area contributed by atoms with Crippen LogP contribution >= 0.6 is 0 Å². The van der Waals surface area contributed by atoms with E-state index in [-0.39, 0.29) is 18.6 Å². The third-order valence-corrected chi connectivity index (χ3v) is 3.47. The maximum atomic E-state index is 13.1. The van der Waals surface area contributed by atoms with Gasteiger partial charge in [-0.1, -0.05) is 12.1 Å². The second kappa shape index (κ2) is 8.33. The monoisotopic (exact) mass is 320 g/mol. The molecule has 0 bridgehead atoms. The molecular weight excluding hydrogens is 299 g/mol. The summed E-state index contributed by atoms with van der Waals surface area (Å²) in [5.74, 6) is 0.457. The molecular formula is C17H21FN2O3. The number of carbonyl (C=O) groups is 1. The van der Waals surface area contributed by atoms with Crippen molar-refractivity contribution in [1.82, 2.24) is 10.6 Å². The summed E-state index contributed by atoms with van der Waals surface area (Å²) in [4.78, 5) is 11.8. The number of aliphatic hydroxyl groups excluding tert-OH is 1. The van der Waals surface area contributed by atoms with Crippen molar-refractivity contribution >= 4 is 6.03 Å². The summed E-state index contributed by atoms with van der Waals surface area (Å²) >= 11 is 0. The van der Waals surface area contributed by atoms with Crippen molar-refractivity contribution in [2.45, 2.75) is 31.9 Å². The van der Waals surface area contributed by atoms with Gasteiger partial charge < -0.3 is 20.2 Å². The molecule has 0 aliphatic heterocycles. The van der Waals surface area contributed by atoms with Crippen molar-refractivity contribution < 1.29 is 18.7 Å². The predicted molar refractivity (Wildman–Crippen MR) is 84.4 cm³/mol. The lowest BCUT2D eigenvalue weighted by atomic mass is 10.1. The smallest absolute Gasteiger partial charge is 0.315 e. The Balaban J connectivity index is 1.69. The predicted octanol–water partition coefficient (Wildman–Crippen LogP) is 2.77. The van der Waals surface area contributed by atoms with Crippen LogP contribution in [0.1, 0.15) is 30.8 Å². The Morgan fingerprint density at radius 1 is 1.35 bits per heavy atom. The molecule has 5 nitrogen and oxygen atoms in total. The molecule has 1 heterocycles. The van der Waals surface area contributed by atoms with Crippen molar-refractivity contribution in [2.24, 2.45) is 0 Å². The van der Waals surface area contributed by atoms with Crippen molar-refractivity contribution in [2.75, 3.05) is 6.54 Å². The summed E-state index contributed by atoms with van der Waals surface area (Å²) in [5.41, 5.74) is 0.427. The first-order chi connectivity index (χ1) is 11.0. The molecule has 2 rings (SSSR count). The maximum absolute atomic E-state index is 13.1. The summed E-state index contributed by atoms with van der Waals surface area (Å²) in [6, 6.07) is 8.99. The van der Waals surface area contributed by atoms with Crippen molar-refractivity contribution in [3.8, 4) is 0 Å². The Morgan fingerprint density at radius 3 is 2.87 bits per heavy atom. The molecule has 1 aromatic carbocycles. The minimum atomic E-state index is -0.949. The Bertz CT molecular complexity index is 616. The van der Waals surface area contributed by atoms with Crippen LogP contribution in [0.15, 0.2) is 47.1 Å². The first kappa shape index (κ1) is 17.0. The summed E-state index contributed by atoms with van der Waals surface area (Å²) in [6.45, 7) is 1.91. The first-order valence-electron chi connectivity index (χ1n) is 7.55. The molecule has 124 valence electrons. The lowest BCUT2D eigenvalue weighted by Gasteiger charge is -2.16. The molecule has 0 unspecified atom stereocenters. The summed E-state index contributed by atoms with van der Waals surface area (Å²) < 4.78 is 18.3. The number of carbonyl (C=O) groups excluding carboxylic acids is 1. The fourth-order valence-electron chi connectivity index (χ4n) is 2.18. The molecule has 2 atom stereocenters. The molecule has 0 fully saturated rings. The normalized spacial score (nSPS) is 13.3. The van der Waals surface area contributed by atoms with Crippen LogP contribution in [0.2, 0.25) is 0 Å². The quantitative estimate of drug-likeness (QED) is 0.734. The average Bonchev–Trinajstić information content (AvgIpc) is 3.04. The van der Waals surface area contributed by atoms with E-state index in [9.17, 15) is 14.3 Å². The fraction of sp³-hybridized carbons (Fsp3) is 0.353. The number of furan rings is 1. The van der Waals surface area contributed by atoms with Gasteiger partial charge in [-0.25, -0.2) is 9.18 Å². The van der Waals surface area contributed by atoms with Gasteiger partial charge in [-0.15, -0.1) is 0 Å². The highest BCUT2D eigenvalue weighted by atomic mass is 19.1. The molecule has 2 aromatic rings. The van der Waals surface area contributed by atoms with Crippen LogP contribution in [0.25, 0.3) is 0 Å². The Hall–Kier alpha value is -2.34. The number of aliphatic hydroxyl groups is 1. The van der Waals surface area contributed by atoms with Crippen molar-refractivity contribution in [3.63, 3.8) is 0 Å². The molecule has 2 amide bonds. The highest BCUT2D eigenvalue weighted by Crippen LogP contribution is 2.13. The molecule has 3 N–H and O–H groups in total. The molecule has 0 saturated carbocycles. The second-order valence-electron chi connectivity index (χ2n) is 5.44. The van der Waals surface area contributed by atoms with Gasteiger partial charge >= 0.3 is 6.03 Å². The largest absolute Gasteiger partial charge is 0.469 e. The number of hydrogen-bond acceptors (Lipinski definition) is 3. The molecule has 6 heteroatoms. The van der Waals surface area contributed by atoms with Crippen LogP contribution in [0.5, 0.6) is 0 Å². The summed E-state index contributed by atoms with van der Waals surface area (Å²) in [5, 5.41) is 15.3. The Morgan fingerprint density at radius 2 is 2.17 bits per heavy atom. The van der Waals surface area contributed by atoms with Crippen LogP contribution in [0.4, 0.5) is 9.18 Å². The highest BCUT2D eigenvalue weighted by Gasteiger charge is 2.12. The van der Waals surface area contributed by atoms with E-state index in [1.54, 1.807) is 12.3 Å². The molecule has 0 saturated heterocycles. The number of halogens is 1. The van der Waals surface area contributed by atoms with E-state index >= 15 is 0 Å². The third-order valence-electron chi connectivity index (χ3n) is 3.47.